The van der Waals surface area contributed by atoms with Crippen molar-refractivity contribution in [2.75, 3.05) is 0 Å². The number of rotatable bonds is 4. The van der Waals surface area contributed by atoms with E-state index in [1.54, 1.807) is 18.2 Å². The highest BCUT2D eigenvalue weighted by molar-refractivity contribution is 5.76. The first-order chi connectivity index (χ1) is 12.8. The Bertz CT molecular complexity index is 932. The van der Waals surface area contributed by atoms with Crippen molar-refractivity contribution >= 4 is 6.03 Å². The Hall–Kier alpha value is -3.42. The largest absolute Gasteiger partial charge is 0.507 e. The zero-order chi connectivity index (χ0) is 19.4. The minimum Gasteiger partial charge on any atom is -0.507 e. The first-order valence-corrected chi connectivity index (χ1v) is 8.54. The van der Waals surface area contributed by atoms with Crippen molar-refractivity contribution in [3.8, 4) is 28.3 Å². The van der Waals surface area contributed by atoms with Crippen LogP contribution in [0, 0.1) is 0 Å². The number of aromatic hydroxyl groups is 1. The molecule has 0 unspecified atom stereocenters. The van der Waals surface area contributed by atoms with Gasteiger partial charge in [-0.15, -0.1) is 10.2 Å². The molecule has 140 valence electrons. The van der Waals surface area contributed by atoms with Crippen LogP contribution in [0.15, 0.2) is 42.5 Å². The maximum Gasteiger partial charge on any atom is 0.315 e. The van der Waals surface area contributed by atoms with Crippen molar-refractivity contribution in [1.29, 1.82) is 0 Å². The fourth-order valence-electron chi connectivity index (χ4n) is 2.61. The Labute approximate surface area is 157 Å². The van der Waals surface area contributed by atoms with Crippen LogP contribution in [0.4, 0.5) is 4.79 Å². The molecule has 3 rings (SSSR count). The molecule has 0 atom stereocenters. The number of urea groups is 1. The van der Waals surface area contributed by atoms with E-state index in [-0.39, 0.29) is 17.3 Å². The number of aromatic amines is 1. The number of hydrogen-bond acceptors (Lipinski definition) is 5. The number of benzene rings is 2. The van der Waals surface area contributed by atoms with Crippen LogP contribution in [0.1, 0.15) is 26.3 Å². The number of H-pyrrole nitrogens is 1. The molecule has 0 saturated heterocycles. The monoisotopic (exact) mass is 366 g/mol. The molecule has 0 aliphatic rings. The lowest BCUT2D eigenvalue weighted by molar-refractivity contribution is 0.231. The predicted octanol–water partition coefficient (Wildman–Crippen LogP) is 2.84. The maximum absolute atomic E-state index is 11.9. The van der Waals surface area contributed by atoms with Crippen molar-refractivity contribution < 1.29 is 9.90 Å². The standard InChI is InChI=1S/C19H22N6O2/c1-19(2,3)21-18(27)20-11-12-5-4-6-13(9-12)15-10-14(7-8-16(15)26)17-22-24-25-23-17/h4-10,26H,11H2,1-3H3,(H2,20,21,27)(H,22,23,24,25). The molecule has 3 aromatic rings. The summed E-state index contributed by atoms with van der Waals surface area (Å²) in [6, 6.07) is 12.5. The minimum absolute atomic E-state index is 0.151. The lowest BCUT2D eigenvalue weighted by Gasteiger charge is -2.20. The van der Waals surface area contributed by atoms with Gasteiger partial charge < -0.3 is 15.7 Å². The minimum atomic E-state index is -0.298. The number of nitrogens with zero attached hydrogens (tertiary/aromatic N) is 3. The Morgan fingerprint density at radius 2 is 1.96 bits per heavy atom. The van der Waals surface area contributed by atoms with Gasteiger partial charge >= 0.3 is 6.03 Å². The van der Waals surface area contributed by atoms with Crippen LogP contribution >= 0.6 is 0 Å². The number of aromatic nitrogens is 4. The van der Waals surface area contributed by atoms with Crippen LogP contribution in [-0.2, 0) is 6.54 Å². The number of tetrazole rings is 1. The molecular weight excluding hydrogens is 344 g/mol. The summed E-state index contributed by atoms with van der Waals surface area (Å²) in [6.07, 6.45) is 0. The van der Waals surface area contributed by atoms with Gasteiger partial charge in [0.15, 0.2) is 0 Å². The highest BCUT2D eigenvalue weighted by Gasteiger charge is 2.13. The van der Waals surface area contributed by atoms with Gasteiger partial charge in [0.2, 0.25) is 5.82 Å². The third-order valence-electron chi connectivity index (χ3n) is 3.78. The molecule has 2 aromatic carbocycles. The molecule has 8 heteroatoms. The van der Waals surface area contributed by atoms with Crippen LogP contribution in [0.3, 0.4) is 0 Å². The number of phenolic OH excluding ortho intramolecular Hbond substituents is 1. The molecule has 0 bridgehead atoms. The molecule has 0 aliphatic heterocycles. The molecule has 0 fully saturated rings. The summed E-state index contributed by atoms with van der Waals surface area (Å²) in [5, 5.41) is 29.9. The van der Waals surface area contributed by atoms with Crippen molar-refractivity contribution in [3.63, 3.8) is 0 Å². The van der Waals surface area contributed by atoms with Crippen molar-refractivity contribution in [1.82, 2.24) is 31.3 Å². The van der Waals surface area contributed by atoms with Gasteiger partial charge in [-0.3, -0.25) is 0 Å². The van der Waals surface area contributed by atoms with Gasteiger partial charge in [0.05, 0.1) is 0 Å². The third-order valence-corrected chi connectivity index (χ3v) is 3.78. The molecule has 2 amide bonds. The molecule has 1 heterocycles. The van der Waals surface area contributed by atoms with E-state index in [0.29, 0.717) is 17.9 Å². The SMILES string of the molecule is CC(C)(C)NC(=O)NCc1cccc(-c2cc(-c3nn[nH]n3)ccc2O)c1. The second kappa shape index (κ2) is 7.45. The molecule has 8 nitrogen and oxygen atoms in total. The summed E-state index contributed by atoms with van der Waals surface area (Å²) in [6.45, 7) is 6.15. The van der Waals surface area contributed by atoms with E-state index in [2.05, 4.69) is 31.3 Å². The van der Waals surface area contributed by atoms with Gasteiger partial charge in [-0.1, -0.05) is 18.2 Å². The number of amides is 2. The zero-order valence-electron chi connectivity index (χ0n) is 15.4. The van der Waals surface area contributed by atoms with Crippen LogP contribution in [0.5, 0.6) is 5.75 Å². The smallest absolute Gasteiger partial charge is 0.315 e. The Morgan fingerprint density at radius 1 is 1.15 bits per heavy atom. The molecule has 27 heavy (non-hydrogen) atoms. The van der Waals surface area contributed by atoms with E-state index >= 15 is 0 Å². The van der Waals surface area contributed by atoms with E-state index in [9.17, 15) is 9.90 Å². The van der Waals surface area contributed by atoms with Crippen LogP contribution < -0.4 is 10.6 Å². The number of carbonyl (C=O) groups excluding carboxylic acids is 1. The summed E-state index contributed by atoms with van der Waals surface area (Å²) in [5.41, 5.74) is 2.84. The quantitative estimate of drug-likeness (QED) is 0.567. The summed E-state index contributed by atoms with van der Waals surface area (Å²) >= 11 is 0. The van der Waals surface area contributed by atoms with E-state index in [0.717, 1.165) is 16.7 Å². The number of nitrogens with one attached hydrogen (secondary N) is 3. The maximum atomic E-state index is 11.9. The first kappa shape index (κ1) is 18.4. The summed E-state index contributed by atoms with van der Waals surface area (Å²) in [5.74, 6) is 0.603. The lowest BCUT2D eigenvalue weighted by atomic mass is 9.99. The van der Waals surface area contributed by atoms with Crippen molar-refractivity contribution in [3.05, 3.63) is 48.0 Å². The average molecular weight is 366 g/mol. The van der Waals surface area contributed by atoms with Gasteiger partial charge in [-0.05, 0) is 61.4 Å². The Balaban J connectivity index is 1.79. The summed E-state index contributed by atoms with van der Waals surface area (Å²) < 4.78 is 0. The second-order valence-corrected chi connectivity index (χ2v) is 7.23. The number of hydrogen-bond donors (Lipinski definition) is 4. The Kier molecular flexibility index (Phi) is 5.07. The van der Waals surface area contributed by atoms with E-state index in [4.69, 9.17) is 0 Å². The van der Waals surface area contributed by atoms with Gasteiger partial charge in [0, 0.05) is 23.2 Å². The summed E-state index contributed by atoms with van der Waals surface area (Å²) in [4.78, 5) is 11.9. The van der Waals surface area contributed by atoms with Crippen LogP contribution in [0.2, 0.25) is 0 Å². The predicted molar refractivity (Wildman–Crippen MR) is 102 cm³/mol. The number of phenols is 1. The first-order valence-electron chi connectivity index (χ1n) is 8.54. The van der Waals surface area contributed by atoms with Crippen LogP contribution in [0.25, 0.3) is 22.5 Å². The third kappa shape index (κ3) is 4.81. The molecule has 4 N–H and O–H groups in total. The van der Waals surface area contributed by atoms with E-state index < -0.39 is 0 Å². The average Bonchev–Trinajstić information content (AvgIpc) is 3.14. The molecule has 0 aliphatic carbocycles. The molecule has 0 radical (unpaired) electrons. The van der Waals surface area contributed by atoms with Gasteiger partial charge in [0.1, 0.15) is 5.75 Å². The number of carbonyl (C=O) groups is 1. The lowest BCUT2D eigenvalue weighted by Crippen LogP contribution is -2.46. The normalized spacial score (nSPS) is 11.2. The Morgan fingerprint density at radius 3 is 2.67 bits per heavy atom. The molecule has 0 saturated carbocycles. The van der Waals surface area contributed by atoms with Gasteiger partial charge in [-0.2, -0.15) is 5.21 Å². The highest BCUT2D eigenvalue weighted by Crippen LogP contribution is 2.32. The summed E-state index contributed by atoms with van der Waals surface area (Å²) in [7, 11) is 0. The van der Waals surface area contributed by atoms with Crippen molar-refractivity contribution in [2.45, 2.75) is 32.9 Å². The fourth-order valence-corrected chi connectivity index (χ4v) is 2.61. The molecular formula is C19H22N6O2. The fraction of sp³-hybridized carbons (Fsp3) is 0.263. The van der Waals surface area contributed by atoms with Gasteiger partial charge in [-0.25, -0.2) is 4.79 Å². The van der Waals surface area contributed by atoms with E-state index in [1.165, 1.54) is 0 Å². The molecule has 0 spiro atoms. The van der Waals surface area contributed by atoms with Crippen molar-refractivity contribution in [2.24, 2.45) is 0 Å². The highest BCUT2D eigenvalue weighted by atomic mass is 16.3. The van der Waals surface area contributed by atoms with Gasteiger partial charge in [0.25, 0.3) is 0 Å². The van der Waals surface area contributed by atoms with E-state index in [1.807, 2.05) is 45.0 Å². The zero-order valence-corrected chi connectivity index (χ0v) is 15.4. The van der Waals surface area contributed by atoms with Crippen LogP contribution in [-0.4, -0.2) is 37.3 Å². The molecule has 1 aromatic heterocycles. The second-order valence-electron chi connectivity index (χ2n) is 7.23. The topological polar surface area (TPSA) is 116 Å².